The Hall–Kier alpha value is -3.14. The zero-order valence-corrected chi connectivity index (χ0v) is 16.5. The number of hydrogen-bond donors (Lipinski definition) is 3. The molecule has 0 spiro atoms. The molecule has 2 amide bonds. The van der Waals surface area contributed by atoms with Crippen LogP contribution in [0.15, 0.2) is 30.3 Å². The maximum atomic E-state index is 12.4. The molecule has 29 heavy (non-hydrogen) atoms. The van der Waals surface area contributed by atoms with Gasteiger partial charge in [-0.3, -0.25) is 9.59 Å². The van der Waals surface area contributed by atoms with Gasteiger partial charge in [-0.15, -0.1) is 0 Å². The van der Waals surface area contributed by atoms with E-state index in [1.165, 1.54) is 7.11 Å². The number of alkyl carbamates (subject to hydrolysis) is 1. The highest BCUT2D eigenvalue weighted by Crippen LogP contribution is 2.11. The van der Waals surface area contributed by atoms with Gasteiger partial charge in [0.05, 0.1) is 27.2 Å². The number of ether oxygens (including phenoxy) is 3. The molecule has 3 N–H and O–H groups in total. The zero-order chi connectivity index (χ0) is 21.8. The lowest BCUT2D eigenvalue weighted by Gasteiger charge is -2.24. The minimum absolute atomic E-state index is 0.0204. The van der Waals surface area contributed by atoms with Gasteiger partial charge in [0.2, 0.25) is 5.91 Å². The Balaban J connectivity index is 2.68. The summed E-state index contributed by atoms with van der Waals surface area (Å²) in [7, 11) is 2.34. The summed E-state index contributed by atoms with van der Waals surface area (Å²) in [5.74, 6) is -2.83. The predicted molar refractivity (Wildman–Crippen MR) is 100 cm³/mol. The molecule has 0 fully saturated rings. The Morgan fingerprint density at radius 1 is 1.03 bits per heavy atom. The van der Waals surface area contributed by atoms with Crippen LogP contribution < -0.4 is 10.6 Å². The Morgan fingerprint density at radius 3 is 2.24 bits per heavy atom. The molecule has 3 atom stereocenters. The number of aliphatic hydroxyl groups excluding tert-OH is 1. The number of methoxy groups -OCH3 is 2. The van der Waals surface area contributed by atoms with E-state index >= 15 is 0 Å². The van der Waals surface area contributed by atoms with Crippen molar-refractivity contribution >= 4 is 23.9 Å². The number of carbonyl (C=O) groups excluding carboxylic acids is 4. The van der Waals surface area contributed by atoms with Crippen LogP contribution in [0.25, 0.3) is 0 Å². The largest absolute Gasteiger partial charge is 0.469 e. The maximum absolute atomic E-state index is 12.4. The minimum atomic E-state index is -1.37. The molecule has 0 aliphatic rings. The van der Waals surface area contributed by atoms with Crippen LogP contribution in [0, 0.1) is 5.92 Å². The number of amides is 2. The Morgan fingerprint density at radius 2 is 1.69 bits per heavy atom. The summed E-state index contributed by atoms with van der Waals surface area (Å²) in [6.45, 7) is 0.799. The Kier molecular flexibility index (Phi) is 10.2. The molecule has 1 aromatic carbocycles. The van der Waals surface area contributed by atoms with E-state index in [-0.39, 0.29) is 13.0 Å². The summed E-state index contributed by atoms with van der Waals surface area (Å²) in [5, 5.41) is 14.0. The molecule has 10 nitrogen and oxygen atoms in total. The molecule has 0 saturated heterocycles. The van der Waals surface area contributed by atoms with Crippen LogP contribution in [-0.4, -0.2) is 62.0 Å². The number of esters is 2. The first-order valence-corrected chi connectivity index (χ1v) is 8.85. The van der Waals surface area contributed by atoms with E-state index in [0.29, 0.717) is 0 Å². The molecule has 10 heteroatoms. The van der Waals surface area contributed by atoms with Gasteiger partial charge in [-0.1, -0.05) is 37.3 Å². The van der Waals surface area contributed by atoms with Gasteiger partial charge in [0.1, 0.15) is 18.7 Å². The second-order valence-electron chi connectivity index (χ2n) is 6.21. The average Bonchev–Trinajstić information content (AvgIpc) is 2.73. The summed E-state index contributed by atoms with van der Waals surface area (Å²) in [4.78, 5) is 47.8. The molecule has 0 aromatic heterocycles. The molecule has 1 rings (SSSR count). The summed E-state index contributed by atoms with van der Waals surface area (Å²) >= 11 is 0. The third-order valence-electron chi connectivity index (χ3n) is 4.04. The molecule has 1 aromatic rings. The van der Waals surface area contributed by atoms with E-state index < -0.39 is 48.5 Å². The third kappa shape index (κ3) is 8.18. The van der Waals surface area contributed by atoms with Gasteiger partial charge in [0.15, 0.2) is 0 Å². The van der Waals surface area contributed by atoms with Gasteiger partial charge in [-0.25, -0.2) is 9.59 Å². The van der Waals surface area contributed by atoms with Crippen molar-refractivity contribution in [1.29, 1.82) is 0 Å². The lowest BCUT2D eigenvalue weighted by Crippen LogP contribution is -2.55. The molecule has 0 aliphatic heterocycles. The normalized spacial score (nSPS) is 13.4. The van der Waals surface area contributed by atoms with E-state index in [1.807, 2.05) is 6.07 Å². The molecule has 160 valence electrons. The van der Waals surface area contributed by atoms with Crippen molar-refractivity contribution in [3.63, 3.8) is 0 Å². The van der Waals surface area contributed by atoms with E-state index in [4.69, 9.17) is 4.74 Å². The van der Waals surface area contributed by atoms with E-state index in [1.54, 1.807) is 31.2 Å². The highest BCUT2D eigenvalue weighted by Gasteiger charge is 2.32. The van der Waals surface area contributed by atoms with Crippen molar-refractivity contribution in [2.75, 3.05) is 20.8 Å². The molecular formula is C19H26N2O8. The lowest BCUT2D eigenvalue weighted by atomic mass is 9.98. The Bertz CT molecular complexity index is 695. The van der Waals surface area contributed by atoms with Crippen molar-refractivity contribution in [1.82, 2.24) is 10.6 Å². The lowest BCUT2D eigenvalue weighted by molar-refractivity contribution is -0.148. The van der Waals surface area contributed by atoms with Crippen molar-refractivity contribution in [2.45, 2.75) is 32.0 Å². The fourth-order valence-electron chi connectivity index (χ4n) is 2.38. The van der Waals surface area contributed by atoms with Crippen LogP contribution in [0.2, 0.25) is 0 Å². The van der Waals surface area contributed by atoms with Crippen molar-refractivity contribution in [3.8, 4) is 0 Å². The topological polar surface area (TPSA) is 140 Å². The van der Waals surface area contributed by atoms with Crippen molar-refractivity contribution < 1.29 is 38.5 Å². The maximum Gasteiger partial charge on any atom is 0.408 e. The molecule has 0 bridgehead atoms. The third-order valence-corrected chi connectivity index (χ3v) is 4.04. The minimum Gasteiger partial charge on any atom is -0.469 e. The number of carbonyl (C=O) groups is 4. The van der Waals surface area contributed by atoms with Crippen LogP contribution >= 0.6 is 0 Å². The quantitative estimate of drug-likeness (QED) is 0.365. The van der Waals surface area contributed by atoms with Gasteiger partial charge < -0.3 is 30.0 Å². The summed E-state index contributed by atoms with van der Waals surface area (Å²) in [6.07, 6.45) is -1.06. The van der Waals surface area contributed by atoms with Gasteiger partial charge in [0.25, 0.3) is 0 Å². The van der Waals surface area contributed by atoms with Crippen LogP contribution in [0.1, 0.15) is 18.9 Å². The number of aliphatic hydroxyl groups is 1. The first-order valence-electron chi connectivity index (χ1n) is 8.85. The number of hydrogen-bond acceptors (Lipinski definition) is 8. The first kappa shape index (κ1) is 23.9. The van der Waals surface area contributed by atoms with Crippen LogP contribution in [0.5, 0.6) is 0 Å². The second kappa shape index (κ2) is 12.3. The summed E-state index contributed by atoms with van der Waals surface area (Å²) in [5.41, 5.74) is 0.745. The summed E-state index contributed by atoms with van der Waals surface area (Å²) in [6, 6.07) is 6.35. The van der Waals surface area contributed by atoms with Crippen LogP contribution in [-0.2, 0) is 35.2 Å². The van der Waals surface area contributed by atoms with E-state index in [2.05, 4.69) is 20.1 Å². The average molecular weight is 410 g/mol. The molecule has 0 unspecified atom stereocenters. The van der Waals surface area contributed by atoms with Gasteiger partial charge >= 0.3 is 18.0 Å². The second-order valence-corrected chi connectivity index (χ2v) is 6.21. The molecular weight excluding hydrogens is 384 g/mol. The smallest absolute Gasteiger partial charge is 0.408 e. The fraction of sp³-hybridized carbons (Fsp3) is 0.474. The van der Waals surface area contributed by atoms with Crippen LogP contribution in [0.3, 0.4) is 0 Å². The van der Waals surface area contributed by atoms with Gasteiger partial charge in [-0.2, -0.15) is 0 Å². The number of rotatable bonds is 10. The molecule has 0 aliphatic carbocycles. The van der Waals surface area contributed by atoms with Gasteiger partial charge in [-0.05, 0) is 11.5 Å². The predicted octanol–water partition coefficient (Wildman–Crippen LogP) is 0.131. The monoisotopic (exact) mass is 410 g/mol. The standard InChI is InChI=1S/C19H26N2O8/c1-12(9-15(23)27-2)16(18(25)28-3)21-17(24)14(10-22)20-19(26)29-11-13-7-5-4-6-8-13/h4-8,12,14,16,22H,9-11H2,1-3H3,(H,20,26)(H,21,24)/t12-,14+,16+/m1/s1. The highest BCUT2D eigenvalue weighted by atomic mass is 16.5. The van der Waals surface area contributed by atoms with Crippen molar-refractivity contribution in [3.05, 3.63) is 35.9 Å². The van der Waals surface area contributed by atoms with Crippen molar-refractivity contribution in [2.24, 2.45) is 5.92 Å². The molecule has 0 saturated carbocycles. The number of benzene rings is 1. The Labute approximate surface area is 168 Å². The SMILES string of the molecule is COC(=O)C[C@@H](C)[C@H](NC(=O)[C@H](CO)NC(=O)OCc1ccccc1)C(=O)OC. The van der Waals surface area contributed by atoms with Crippen LogP contribution in [0.4, 0.5) is 4.79 Å². The molecule has 0 radical (unpaired) electrons. The van der Waals surface area contributed by atoms with E-state index in [0.717, 1.165) is 12.7 Å². The zero-order valence-electron chi connectivity index (χ0n) is 16.5. The molecule has 0 heterocycles. The highest BCUT2D eigenvalue weighted by molar-refractivity contribution is 5.90. The van der Waals surface area contributed by atoms with E-state index in [9.17, 15) is 24.3 Å². The summed E-state index contributed by atoms with van der Waals surface area (Å²) < 4.78 is 14.2. The van der Waals surface area contributed by atoms with Gasteiger partial charge in [0, 0.05) is 0 Å². The fourth-order valence-corrected chi connectivity index (χ4v) is 2.38. The first-order chi connectivity index (χ1) is 13.8. The number of nitrogens with one attached hydrogen (secondary N) is 2.